The van der Waals surface area contributed by atoms with Crippen LogP contribution in [0.2, 0.25) is 5.02 Å². The number of carbonyl (C=O) groups excluding carboxylic acids is 1. The highest BCUT2D eigenvalue weighted by Gasteiger charge is 2.18. The van der Waals surface area contributed by atoms with E-state index in [0.29, 0.717) is 12.3 Å². The molecule has 0 fully saturated rings. The largest absolute Gasteiger partial charge is 0.298 e. The molecule has 0 amide bonds. The van der Waals surface area contributed by atoms with Crippen LogP contribution >= 0.6 is 11.6 Å². The molecular formula is C15H22ClNO. The normalized spacial score (nSPS) is 14.6. The minimum absolute atomic E-state index is 0.138. The Labute approximate surface area is 115 Å². The summed E-state index contributed by atoms with van der Waals surface area (Å²) in [4.78, 5) is 14.0. The standard InChI is InChI=1S/C15H22ClNO/c1-5-11(2)15(18)10-17(4)12(3)13-7-6-8-14(16)9-13/h6-9,11-12H,5,10H2,1-4H3. The molecule has 18 heavy (non-hydrogen) atoms. The lowest BCUT2D eigenvalue weighted by Gasteiger charge is -2.25. The first kappa shape index (κ1) is 15.2. The first-order valence-electron chi connectivity index (χ1n) is 6.44. The van der Waals surface area contributed by atoms with E-state index in [2.05, 4.69) is 11.8 Å². The summed E-state index contributed by atoms with van der Waals surface area (Å²) in [6.45, 7) is 6.61. The number of likely N-dealkylation sites (N-methyl/N-ethyl adjacent to an activating group) is 1. The smallest absolute Gasteiger partial charge is 0.149 e. The Morgan fingerprint density at radius 3 is 2.61 bits per heavy atom. The molecule has 0 spiro atoms. The molecule has 3 heteroatoms. The summed E-state index contributed by atoms with van der Waals surface area (Å²) in [6.07, 6.45) is 0.901. The predicted molar refractivity (Wildman–Crippen MR) is 77.0 cm³/mol. The zero-order valence-electron chi connectivity index (χ0n) is 11.6. The summed E-state index contributed by atoms with van der Waals surface area (Å²) >= 11 is 5.99. The molecule has 0 saturated heterocycles. The van der Waals surface area contributed by atoms with Crippen molar-refractivity contribution in [3.8, 4) is 0 Å². The van der Waals surface area contributed by atoms with Crippen LogP contribution in [0.4, 0.5) is 0 Å². The molecular weight excluding hydrogens is 246 g/mol. The molecule has 1 aromatic rings. The number of hydrogen-bond acceptors (Lipinski definition) is 2. The molecule has 0 saturated carbocycles. The van der Waals surface area contributed by atoms with Crippen molar-refractivity contribution in [2.24, 2.45) is 5.92 Å². The summed E-state index contributed by atoms with van der Waals surface area (Å²) < 4.78 is 0. The Morgan fingerprint density at radius 2 is 2.06 bits per heavy atom. The third kappa shape index (κ3) is 4.11. The Morgan fingerprint density at radius 1 is 1.39 bits per heavy atom. The van der Waals surface area contributed by atoms with E-state index in [1.54, 1.807) is 0 Å². The van der Waals surface area contributed by atoms with E-state index >= 15 is 0 Å². The predicted octanol–water partition coefficient (Wildman–Crippen LogP) is 3.95. The SMILES string of the molecule is CCC(C)C(=O)CN(C)C(C)c1cccc(Cl)c1. The molecule has 100 valence electrons. The van der Waals surface area contributed by atoms with E-state index in [-0.39, 0.29) is 12.0 Å². The zero-order valence-corrected chi connectivity index (χ0v) is 12.4. The average molecular weight is 268 g/mol. The molecule has 0 aliphatic rings. The quantitative estimate of drug-likeness (QED) is 0.778. The van der Waals surface area contributed by atoms with Gasteiger partial charge in [-0.05, 0) is 38.1 Å². The van der Waals surface area contributed by atoms with E-state index in [1.165, 1.54) is 0 Å². The van der Waals surface area contributed by atoms with E-state index in [1.807, 2.05) is 45.2 Å². The monoisotopic (exact) mass is 267 g/mol. The third-order valence-corrected chi connectivity index (χ3v) is 3.79. The summed E-state index contributed by atoms with van der Waals surface area (Å²) in [5.41, 5.74) is 1.14. The lowest BCUT2D eigenvalue weighted by atomic mass is 10.0. The van der Waals surface area contributed by atoms with Gasteiger partial charge in [0, 0.05) is 17.0 Å². The van der Waals surface area contributed by atoms with Gasteiger partial charge in [-0.3, -0.25) is 9.69 Å². The van der Waals surface area contributed by atoms with Crippen LogP contribution in [-0.2, 0) is 4.79 Å². The van der Waals surface area contributed by atoms with Gasteiger partial charge in [0.05, 0.1) is 6.54 Å². The number of halogens is 1. The fourth-order valence-electron chi connectivity index (χ4n) is 1.79. The number of Topliss-reactive ketones (excluding diaryl/α,β-unsaturated/α-hetero) is 1. The summed E-state index contributed by atoms with van der Waals surface area (Å²) in [7, 11) is 1.98. The van der Waals surface area contributed by atoms with E-state index < -0.39 is 0 Å². The highest BCUT2D eigenvalue weighted by atomic mass is 35.5. The van der Waals surface area contributed by atoms with Gasteiger partial charge in [-0.25, -0.2) is 0 Å². The van der Waals surface area contributed by atoms with Crippen molar-refractivity contribution in [2.45, 2.75) is 33.2 Å². The molecule has 1 aromatic carbocycles. The zero-order chi connectivity index (χ0) is 13.7. The molecule has 0 bridgehead atoms. The highest BCUT2D eigenvalue weighted by Crippen LogP contribution is 2.22. The van der Waals surface area contributed by atoms with Gasteiger partial charge in [0.15, 0.2) is 0 Å². The van der Waals surface area contributed by atoms with Crippen LogP contribution < -0.4 is 0 Å². The van der Waals surface area contributed by atoms with Crippen molar-refractivity contribution >= 4 is 17.4 Å². The van der Waals surface area contributed by atoms with Crippen molar-refractivity contribution < 1.29 is 4.79 Å². The number of benzene rings is 1. The number of nitrogens with zero attached hydrogens (tertiary/aromatic N) is 1. The molecule has 2 unspecified atom stereocenters. The second-order valence-corrected chi connectivity index (χ2v) is 5.36. The second-order valence-electron chi connectivity index (χ2n) is 4.92. The average Bonchev–Trinajstić information content (AvgIpc) is 2.36. The van der Waals surface area contributed by atoms with Gasteiger partial charge in [-0.15, -0.1) is 0 Å². The molecule has 0 heterocycles. The highest BCUT2D eigenvalue weighted by molar-refractivity contribution is 6.30. The van der Waals surface area contributed by atoms with Gasteiger partial charge >= 0.3 is 0 Å². The lowest BCUT2D eigenvalue weighted by Crippen LogP contribution is -2.31. The summed E-state index contributed by atoms with van der Waals surface area (Å²) in [6, 6.07) is 7.99. The van der Waals surface area contributed by atoms with Crippen LogP contribution in [0.5, 0.6) is 0 Å². The molecule has 0 radical (unpaired) electrons. The molecule has 0 aliphatic heterocycles. The number of carbonyl (C=O) groups is 1. The summed E-state index contributed by atoms with van der Waals surface area (Å²) in [5.74, 6) is 0.438. The van der Waals surface area contributed by atoms with Crippen LogP contribution in [0.15, 0.2) is 24.3 Å². The maximum Gasteiger partial charge on any atom is 0.149 e. The van der Waals surface area contributed by atoms with Gasteiger partial charge in [-0.2, -0.15) is 0 Å². The molecule has 0 aromatic heterocycles. The first-order chi connectivity index (χ1) is 8.45. The molecule has 0 aliphatic carbocycles. The van der Waals surface area contributed by atoms with Crippen LogP contribution in [0.25, 0.3) is 0 Å². The second kappa shape index (κ2) is 6.91. The lowest BCUT2D eigenvalue weighted by molar-refractivity contribution is -0.123. The Balaban J connectivity index is 2.67. The maximum atomic E-state index is 11.9. The minimum atomic E-state index is 0.138. The van der Waals surface area contributed by atoms with Crippen LogP contribution in [0.1, 0.15) is 38.8 Å². The van der Waals surface area contributed by atoms with Gasteiger partial charge in [0.25, 0.3) is 0 Å². The van der Waals surface area contributed by atoms with Gasteiger partial charge in [0.1, 0.15) is 5.78 Å². The van der Waals surface area contributed by atoms with E-state index in [4.69, 9.17) is 11.6 Å². The van der Waals surface area contributed by atoms with E-state index in [9.17, 15) is 4.79 Å². The molecule has 0 N–H and O–H groups in total. The maximum absolute atomic E-state index is 11.9. The van der Waals surface area contributed by atoms with Gasteiger partial charge < -0.3 is 0 Å². The third-order valence-electron chi connectivity index (χ3n) is 3.56. The van der Waals surface area contributed by atoms with Gasteiger partial charge in [0.2, 0.25) is 0 Å². The van der Waals surface area contributed by atoms with Crippen LogP contribution in [0.3, 0.4) is 0 Å². The number of hydrogen-bond donors (Lipinski definition) is 0. The minimum Gasteiger partial charge on any atom is -0.298 e. The van der Waals surface area contributed by atoms with Crippen molar-refractivity contribution in [3.05, 3.63) is 34.9 Å². The van der Waals surface area contributed by atoms with Crippen LogP contribution in [-0.4, -0.2) is 24.3 Å². The fourth-order valence-corrected chi connectivity index (χ4v) is 1.99. The van der Waals surface area contributed by atoms with E-state index in [0.717, 1.165) is 17.0 Å². The first-order valence-corrected chi connectivity index (χ1v) is 6.82. The fraction of sp³-hybridized carbons (Fsp3) is 0.533. The molecule has 2 atom stereocenters. The van der Waals surface area contributed by atoms with Crippen molar-refractivity contribution in [3.63, 3.8) is 0 Å². The topological polar surface area (TPSA) is 20.3 Å². The van der Waals surface area contributed by atoms with Gasteiger partial charge in [-0.1, -0.05) is 37.6 Å². The summed E-state index contributed by atoms with van der Waals surface area (Å²) in [5, 5.41) is 0.737. The Hall–Kier alpha value is -0.860. The Bertz CT molecular complexity index is 405. The Kier molecular flexibility index (Phi) is 5.83. The van der Waals surface area contributed by atoms with Crippen molar-refractivity contribution in [2.75, 3.05) is 13.6 Å². The number of rotatable bonds is 6. The van der Waals surface area contributed by atoms with Crippen LogP contribution in [0, 0.1) is 5.92 Å². The number of ketones is 1. The molecule has 1 rings (SSSR count). The van der Waals surface area contributed by atoms with Crippen molar-refractivity contribution in [1.29, 1.82) is 0 Å². The molecule has 2 nitrogen and oxygen atoms in total. The van der Waals surface area contributed by atoms with Crippen molar-refractivity contribution in [1.82, 2.24) is 4.90 Å².